The molecule has 144 valence electrons. The molecule has 3 aromatic rings. The van der Waals surface area contributed by atoms with Crippen molar-refractivity contribution in [3.05, 3.63) is 75.9 Å². The number of benzene rings is 2. The Bertz CT molecular complexity index is 1190. The van der Waals surface area contributed by atoms with E-state index in [1.54, 1.807) is 24.3 Å². The maximum Gasteiger partial charge on any atom is 0.262 e. The van der Waals surface area contributed by atoms with Crippen LogP contribution in [0.4, 0.5) is 14.6 Å². The molecule has 6 nitrogen and oxygen atoms in total. The number of carbonyl (C=O) groups excluding carboxylic acids is 1. The van der Waals surface area contributed by atoms with Crippen LogP contribution >= 0.6 is 11.6 Å². The average molecular weight is 424 g/mol. The van der Waals surface area contributed by atoms with Gasteiger partial charge < -0.3 is 5.32 Å². The molecule has 0 aliphatic carbocycles. The molecule has 2 aromatic carbocycles. The van der Waals surface area contributed by atoms with Crippen LogP contribution in [-0.4, -0.2) is 24.1 Å². The third kappa shape index (κ3) is 3.27. The van der Waals surface area contributed by atoms with Gasteiger partial charge in [-0.25, -0.2) is 21.9 Å². The van der Waals surface area contributed by atoms with E-state index in [9.17, 15) is 22.0 Å². The molecular weight excluding hydrogens is 412 g/mol. The molecule has 4 rings (SSSR count). The van der Waals surface area contributed by atoms with Crippen LogP contribution in [0.5, 0.6) is 0 Å². The minimum atomic E-state index is -3.40. The molecule has 0 spiro atoms. The first-order valence-corrected chi connectivity index (χ1v) is 10.3. The summed E-state index contributed by atoms with van der Waals surface area (Å²) >= 11 is 5.89. The predicted molar refractivity (Wildman–Crippen MR) is 99.2 cm³/mol. The number of rotatable bonds is 3. The van der Waals surface area contributed by atoms with E-state index in [2.05, 4.69) is 10.4 Å². The Labute approximate surface area is 163 Å². The lowest BCUT2D eigenvalue weighted by atomic mass is 10.1. The van der Waals surface area contributed by atoms with Crippen molar-refractivity contribution in [3.63, 3.8) is 0 Å². The normalized spacial score (nSPS) is 14.7. The first-order valence-electron chi connectivity index (χ1n) is 8.08. The molecule has 2 heterocycles. The number of anilines is 1. The molecule has 10 heteroatoms. The van der Waals surface area contributed by atoms with E-state index < -0.39 is 32.9 Å². The number of nitrogens with zero attached hydrogens (tertiary/aromatic N) is 2. The van der Waals surface area contributed by atoms with Crippen molar-refractivity contribution in [1.82, 2.24) is 9.78 Å². The SMILES string of the molecule is O=C(Nc1c2c(nn1-c1ccc(Cl)cc1)CS(=O)(=O)C2)c1c(F)cccc1F. The Kier molecular flexibility index (Phi) is 4.43. The third-order valence-electron chi connectivity index (χ3n) is 4.28. The monoisotopic (exact) mass is 423 g/mol. The van der Waals surface area contributed by atoms with Gasteiger partial charge in [0, 0.05) is 10.6 Å². The molecule has 0 saturated heterocycles. The van der Waals surface area contributed by atoms with Crippen molar-refractivity contribution in [2.75, 3.05) is 5.32 Å². The van der Waals surface area contributed by atoms with Crippen molar-refractivity contribution in [2.45, 2.75) is 11.5 Å². The molecule has 0 atom stereocenters. The van der Waals surface area contributed by atoms with Gasteiger partial charge in [-0.2, -0.15) is 5.10 Å². The number of fused-ring (bicyclic) bond motifs is 1. The molecule has 0 unspecified atom stereocenters. The fourth-order valence-corrected chi connectivity index (χ4v) is 4.64. The Hall–Kier alpha value is -2.78. The summed E-state index contributed by atoms with van der Waals surface area (Å²) < 4.78 is 53.2. The van der Waals surface area contributed by atoms with E-state index in [0.717, 1.165) is 18.2 Å². The van der Waals surface area contributed by atoms with Crippen LogP contribution in [0.1, 0.15) is 21.6 Å². The van der Waals surface area contributed by atoms with Gasteiger partial charge in [0.05, 0.1) is 22.9 Å². The number of amides is 1. The molecule has 1 amide bonds. The highest BCUT2D eigenvalue weighted by atomic mass is 35.5. The molecule has 28 heavy (non-hydrogen) atoms. The smallest absolute Gasteiger partial charge is 0.262 e. The van der Waals surface area contributed by atoms with E-state index in [-0.39, 0.29) is 23.0 Å². The number of halogens is 3. The van der Waals surface area contributed by atoms with Crippen LogP contribution in [0.25, 0.3) is 5.69 Å². The van der Waals surface area contributed by atoms with E-state index in [1.165, 1.54) is 4.68 Å². The van der Waals surface area contributed by atoms with E-state index in [1.807, 2.05) is 0 Å². The summed E-state index contributed by atoms with van der Waals surface area (Å²) in [6, 6.07) is 9.51. The second kappa shape index (κ2) is 6.68. The van der Waals surface area contributed by atoms with E-state index in [0.29, 0.717) is 16.3 Å². The maximum atomic E-state index is 14.0. The average Bonchev–Trinajstić information content (AvgIpc) is 3.08. The standard InChI is InChI=1S/C18H12ClF2N3O3S/c19-10-4-6-11(7-5-10)24-17(12-8-28(26,27)9-15(12)23-24)22-18(25)16-13(20)2-1-3-14(16)21/h1-7H,8-9H2,(H,22,25). The first-order chi connectivity index (χ1) is 13.2. The lowest BCUT2D eigenvalue weighted by Crippen LogP contribution is -2.19. The van der Waals surface area contributed by atoms with Crippen LogP contribution in [0, 0.1) is 11.6 Å². The molecule has 0 radical (unpaired) electrons. The Balaban J connectivity index is 1.81. The van der Waals surface area contributed by atoms with Crippen molar-refractivity contribution >= 4 is 33.2 Å². The van der Waals surface area contributed by atoms with Crippen LogP contribution in [0.2, 0.25) is 5.02 Å². The van der Waals surface area contributed by atoms with Crippen molar-refractivity contribution in [2.24, 2.45) is 0 Å². The summed E-state index contributed by atoms with van der Waals surface area (Å²) in [6.07, 6.45) is 0. The zero-order chi connectivity index (χ0) is 20.1. The van der Waals surface area contributed by atoms with Crippen LogP contribution in [0.15, 0.2) is 42.5 Å². The molecule has 0 saturated carbocycles. The molecular formula is C18H12ClF2N3O3S. The summed E-state index contributed by atoms with van der Waals surface area (Å²) in [5.41, 5.74) is 0.306. The van der Waals surface area contributed by atoms with E-state index >= 15 is 0 Å². The molecule has 0 bridgehead atoms. The highest BCUT2D eigenvalue weighted by Crippen LogP contribution is 2.33. The van der Waals surface area contributed by atoms with Gasteiger partial charge in [0.15, 0.2) is 9.84 Å². The predicted octanol–water partition coefficient (Wildman–Crippen LogP) is 3.48. The van der Waals surface area contributed by atoms with Gasteiger partial charge >= 0.3 is 0 Å². The number of hydrogen-bond donors (Lipinski definition) is 1. The molecule has 1 aliphatic rings. The summed E-state index contributed by atoms with van der Waals surface area (Å²) in [4.78, 5) is 12.5. The fraction of sp³-hybridized carbons (Fsp3) is 0.111. The van der Waals surface area contributed by atoms with Gasteiger partial charge in [0.25, 0.3) is 5.91 Å². The van der Waals surface area contributed by atoms with Crippen LogP contribution in [0.3, 0.4) is 0 Å². The number of nitrogens with one attached hydrogen (secondary N) is 1. The quantitative estimate of drug-likeness (QED) is 0.699. The second-order valence-corrected chi connectivity index (χ2v) is 8.75. The number of sulfone groups is 1. The van der Waals surface area contributed by atoms with Gasteiger partial charge in [-0.1, -0.05) is 17.7 Å². The van der Waals surface area contributed by atoms with Crippen LogP contribution in [-0.2, 0) is 21.3 Å². The van der Waals surface area contributed by atoms with Crippen molar-refractivity contribution in [3.8, 4) is 5.69 Å². The van der Waals surface area contributed by atoms with Crippen molar-refractivity contribution < 1.29 is 22.0 Å². The van der Waals surface area contributed by atoms with Gasteiger partial charge in [-0.05, 0) is 36.4 Å². The topological polar surface area (TPSA) is 81.1 Å². The lowest BCUT2D eigenvalue weighted by molar-refractivity contribution is 0.101. The summed E-state index contributed by atoms with van der Waals surface area (Å²) in [5, 5.41) is 7.17. The Morgan fingerprint density at radius 3 is 2.36 bits per heavy atom. The Morgan fingerprint density at radius 1 is 1.07 bits per heavy atom. The van der Waals surface area contributed by atoms with E-state index in [4.69, 9.17) is 11.6 Å². The van der Waals surface area contributed by atoms with Crippen LogP contribution < -0.4 is 5.32 Å². The highest BCUT2D eigenvalue weighted by molar-refractivity contribution is 7.90. The molecule has 1 aliphatic heterocycles. The first kappa shape index (κ1) is 18.6. The minimum absolute atomic E-state index is 0.0473. The van der Waals surface area contributed by atoms with Gasteiger partial charge in [0.2, 0.25) is 0 Å². The Morgan fingerprint density at radius 2 is 1.71 bits per heavy atom. The highest BCUT2D eigenvalue weighted by Gasteiger charge is 2.33. The van der Waals surface area contributed by atoms with Gasteiger partial charge in [-0.3, -0.25) is 4.79 Å². The summed E-state index contributed by atoms with van der Waals surface area (Å²) in [5.74, 6) is -3.66. The number of hydrogen-bond acceptors (Lipinski definition) is 4. The number of carbonyl (C=O) groups is 1. The lowest BCUT2D eigenvalue weighted by Gasteiger charge is -2.12. The van der Waals surface area contributed by atoms with Gasteiger partial charge in [0.1, 0.15) is 23.0 Å². The summed E-state index contributed by atoms with van der Waals surface area (Å²) in [6.45, 7) is 0. The molecule has 1 N–H and O–H groups in total. The number of aromatic nitrogens is 2. The fourth-order valence-electron chi connectivity index (χ4n) is 3.02. The van der Waals surface area contributed by atoms with Crippen molar-refractivity contribution in [1.29, 1.82) is 0 Å². The summed E-state index contributed by atoms with van der Waals surface area (Å²) in [7, 11) is -3.40. The van der Waals surface area contributed by atoms with Gasteiger partial charge in [-0.15, -0.1) is 0 Å². The zero-order valence-electron chi connectivity index (χ0n) is 14.1. The minimum Gasteiger partial charge on any atom is -0.306 e. The zero-order valence-corrected chi connectivity index (χ0v) is 15.7. The molecule has 0 fully saturated rings. The maximum absolute atomic E-state index is 14.0. The molecule has 1 aromatic heterocycles. The second-order valence-electron chi connectivity index (χ2n) is 6.25. The largest absolute Gasteiger partial charge is 0.306 e. The third-order valence-corrected chi connectivity index (χ3v) is 5.97.